The fourth-order valence-corrected chi connectivity index (χ4v) is 3.99. The van der Waals surface area contributed by atoms with Crippen LogP contribution in [0.5, 0.6) is 0 Å². The van der Waals surface area contributed by atoms with E-state index < -0.39 is 0 Å². The molecule has 2 aliphatic heterocycles. The van der Waals surface area contributed by atoms with Crippen molar-refractivity contribution in [1.29, 1.82) is 0 Å². The fourth-order valence-electron chi connectivity index (χ4n) is 3.99. The zero-order chi connectivity index (χ0) is 16.9. The summed E-state index contributed by atoms with van der Waals surface area (Å²) in [7, 11) is 0. The average Bonchev–Trinajstić information content (AvgIpc) is 3.12. The highest BCUT2D eigenvalue weighted by Gasteiger charge is 2.25. The van der Waals surface area contributed by atoms with Crippen LogP contribution in [0.3, 0.4) is 0 Å². The molecule has 0 unspecified atom stereocenters. The molecule has 3 heterocycles. The first-order valence-corrected chi connectivity index (χ1v) is 9.25. The maximum atomic E-state index is 4.58. The predicted octanol–water partition coefficient (Wildman–Crippen LogP) is 3.92. The molecule has 0 atom stereocenters. The van der Waals surface area contributed by atoms with E-state index >= 15 is 0 Å². The van der Waals surface area contributed by atoms with Crippen LogP contribution in [0.4, 0.5) is 0 Å². The van der Waals surface area contributed by atoms with Crippen LogP contribution in [0.25, 0.3) is 0 Å². The third-order valence-corrected chi connectivity index (χ3v) is 5.39. The van der Waals surface area contributed by atoms with Gasteiger partial charge in [-0.25, -0.2) is 0 Å². The standard InChI is InChI=1S/C22H25N3/c1-2-4-18(5-3-1)14-21-15-24-16-22(21)20-8-12-25(13-9-20)17-19-6-10-23-11-7-19/h1-7,10-11,15,20H,8-9,12-14,16-17H2. The first kappa shape index (κ1) is 16.2. The molecule has 0 bridgehead atoms. The second-order valence-corrected chi connectivity index (χ2v) is 7.09. The molecule has 25 heavy (non-hydrogen) atoms. The van der Waals surface area contributed by atoms with Crippen molar-refractivity contribution >= 4 is 6.21 Å². The summed E-state index contributed by atoms with van der Waals surface area (Å²) < 4.78 is 0. The lowest BCUT2D eigenvalue weighted by atomic mass is 9.85. The first-order valence-electron chi connectivity index (χ1n) is 9.25. The largest absolute Gasteiger partial charge is 0.299 e. The molecule has 0 amide bonds. The highest BCUT2D eigenvalue weighted by molar-refractivity contribution is 5.83. The molecule has 2 aromatic rings. The summed E-state index contributed by atoms with van der Waals surface area (Å²) in [4.78, 5) is 11.3. The number of nitrogens with zero attached hydrogens (tertiary/aromatic N) is 3. The van der Waals surface area contributed by atoms with Crippen molar-refractivity contribution in [2.75, 3.05) is 19.6 Å². The van der Waals surface area contributed by atoms with E-state index in [2.05, 4.69) is 63.6 Å². The minimum atomic E-state index is 0.704. The second kappa shape index (κ2) is 7.75. The van der Waals surface area contributed by atoms with E-state index in [1.165, 1.54) is 42.6 Å². The molecule has 1 saturated heterocycles. The Morgan fingerprint density at radius 2 is 1.68 bits per heavy atom. The van der Waals surface area contributed by atoms with E-state index in [-0.39, 0.29) is 0 Å². The predicted molar refractivity (Wildman–Crippen MR) is 103 cm³/mol. The van der Waals surface area contributed by atoms with Crippen molar-refractivity contribution in [2.24, 2.45) is 10.9 Å². The van der Waals surface area contributed by atoms with Crippen LogP contribution in [0.1, 0.15) is 24.0 Å². The topological polar surface area (TPSA) is 28.5 Å². The molecule has 2 aliphatic rings. The van der Waals surface area contributed by atoms with Crippen molar-refractivity contribution in [1.82, 2.24) is 9.88 Å². The Hall–Kier alpha value is -2.26. The Bertz CT molecular complexity index is 741. The first-order chi connectivity index (χ1) is 12.4. The Kier molecular flexibility index (Phi) is 5.03. The highest BCUT2D eigenvalue weighted by atomic mass is 15.1. The smallest absolute Gasteiger partial charge is 0.0608 e. The van der Waals surface area contributed by atoms with Gasteiger partial charge in [0.15, 0.2) is 0 Å². The van der Waals surface area contributed by atoms with Crippen LogP contribution >= 0.6 is 0 Å². The molecule has 0 spiro atoms. The molecule has 4 rings (SSSR count). The maximum Gasteiger partial charge on any atom is 0.0608 e. The summed E-state index contributed by atoms with van der Waals surface area (Å²) in [6, 6.07) is 15.0. The SMILES string of the molecule is C1=NCC(C2CCN(Cc3ccncc3)CC2)=C1Cc1ccccc1. The van der Waals surface area contributed by atoms with Crippen molar-refractivity contribution in [3.63, 3.8) is 0 Å². The number of hydrogen-bond acceptors (Lipinski definition) is 3. The van der Waals surface area contributed by atoms with Crippen molar-refractivity contribution in [3.8, 4) is 0 Å². The minimum Gasteiger partial charge on any atom is -0.299 e. The van der Waals surface area contributed by atoms with Crippen molar-refractivity contribution in [2.45, 2.75) is 25.8 Å². The Balaban J connectivity index is 1.37. The van der Waals surface area contributed by atoms with Gasteiger partial charge in [-0.2, -0.15) is 0 Å². The van der Waals surface area contributed by atoms with Gasteiger partial charge in [-0.15, -0.1) is 0 Å². The number of rotatable bonds is 5. The van der Waals surface area contributed by atoms with Crippen molar-refractivity contribution in [3.05, 3.63) is 77.1 Å². The summed E-state index contributed by atoms with van der Waals surface area (Å²) in [6.45, 7) is 4.31. The highest BCUT2D eigenvalue weighted by Crippen LogP contribution is 2.30. The minimum absolute atomic E-state index is 0.704. The van der Waals surface area contributed by atoms with Crippen LogP contribution in [-0.4, -0.2) is 35.7 Å². The van der Waals surface area contributed by atoms with Gasteiger partial charge in [0.05, 0.1) is 6.54 Å². The van der Waals surface area contributed by atoms with Crippen LogP contribution in [-0.2, 0) is 13.0 Å². The monoisotopic (exact) mass is 331 g/mol. The molecule has 1 aromatic carbocycles. The average molecular weight is 331 g/mol. The molecular formula is C22H25N3. The summed E-state index contributed by atoms with van der Waals surface area (Å²) in [5.74, 6) is 0.704. The van der Waals surface area contributed by atoms with Crippen molar-refractivity contribution < 1.29 is 0 Å². The molecule has 3 nitrogen and oxygen atoms in total. The summed E-state index contributed by atoms with van der Waals surface area (Å²) in [5, 5.41) is 0. The lowest BCUT2D eigenvalue weighted by Crippen LogP contribution is -2.34. The van der Waals surface area contributed by atoms with Crippen LogP contribution in [0, 0.1) is 5.92 Å². The maximum absolute atomic E-state index is 4.58. The van der Waals surface area contributed by atoms with Gasteiger partial charge in [0, 0.05) is 25.2 Å². The normalized spacial score (nSPS) is 18.9. The number of piperidine rings is 1. The van der Waals surface area contributed by atoms with Gasteiger partial charge in [-0.1, -0.05) is 30.3 Å². The third-order valence-electron chi connectivity index (χ3n) is 5.39. The fraction of sp³-hybridized carbons (Fsp3) is 0.364. The molecule has 3 heteroatoms. The molecule has 0 N–H and O–H groups in total. The Morgan fingerprint density at radius 1 is 0.920 bits per heavy atom. The second-order valence-electron chi connectivity index (χ2n) is 7.09. The number of benzene rings is 1. The van der Waals surface area contributed by atoms with E-state index in [4.69, 9.17) is 0 Å². The number of pyridine rings is 1. The van der Waals surface area contributed by atoms with E-state index in [1.54, 1.807) is 5.57 Å². The number of likely N-dealkylation sites (tertiary alicyclic amines) is 1. The van der Waals surface area contributed by atoms with Gasteiger partial charge < -0.3 is 0 Å². The third kappa shape index (κ3) is 4.05. The molecular weight excluding hydrogens is 306 g/mol. The molecule has 128 valence electrons. The Morgan fingerprint density at radius 3 is 2.44 bits per heavy atom. The Labute approximate surface area is 150 Å². The van der Waals surface area contributed by atoms with Crippen LogP contribution < -0.4 is 0 Å². The van der Waals surface area contributed by atoms with Gasteiger partial charge >= 0.3 is 0 Å². The van der Waals surface area contributed by atoms with Gasteiger partial charge in [0.1, 0.15) is 0 Å². The molecule has 0 aliphatic carbocycles. The zero-order valence-corrected chi connectivity index (χ0v) is 14.6. The quantitative estimate of drug-likeness (QED) is 0.831. The van der Waals surface area contributed by atoms with E-state index in [1.807, 2.05) is 12.4 Å². The van der Waals surface area contributed by atoms with E-state index in [0.717, 1.165) is 19.5 Å². The zero-order valence-electron chi connectivity index (χ0n) is 14.6. The lowest BCUT2D eigenvalue weighted by molar-refractivity contribution is 0.190. The molecule has 1 fully saturated rings. The van der Waals surface area contributed by atoms with Gasteiger partial charge in [-0.05, 0) is 72.7 Å². The van der Waals surface area contributed by atoms with Gasteiger partial charge in [0.2, 0.25) is 0 Å². The van der Waals surface area contributed by atoms with E-state index in [0.29, 0.717) is 5.92 Å². The van der Waals surface area contributed by atoms with E-state index in [9.17, 15) is 0 Å². The molecule has 0 radical (unpaired) electrons. The van der Waals surface area contributed by atoms with Gasteiger partial charge in [-0.3, -0.25) is 14.9 Å². The van der Waals surface area contributed by atoms with Crippen LogP contribution in [0.2, 0.25) is 0 Å². The number of allylic oxidation sites excluding steroid dienone is 1. The summed E-state index contributed by atoms with van der Waals surface area (Å²) in [5.41, 5.74) is 5.80. The number of aromatic nitrogens is 1. The number of aliphatic imine (C=N–C) groups is 1. The molecule has 1 aromatic heterocycles. The van der Waals surface area contributed by atoms with Gasteiger partial charge in [0.25, 0.3) is 0 Å². The van der Waals surface area contributed by atoms with Crippen LogP contribution in [0.15, 0.2) is 71.0 Å². The summed E-state index contributed by atoms with van der Waals surface area (Å²) in [6.07, 6.45) is 9.42. The molecule has 0 saturated carbocycles. The number of hydrogen-bond donors (Lipinski definition) is 0. The lowest BCUT2D eigenvalue weighted by Gasteiger charge is -2.33. The summed E-state index contributed by atoms with van der Waals surface area (Å²) >= 11 is 0.